The average Bonchev–Trinajstić information content (AvgIpc) is 3.17. The Hall–Kier alpha value is -1.76. The number of rotatable bonds is 5. The normalized spacial score (nSPS) is 14.1. The standard InChI is InChI=1S/C16H17ClN2O3S/c1-19(2)13(10-3-4-23-8-10)7-18-16(20)11-5-12(17)15-14(6-11)21-9-22-15/h3-6,8,13H,7,9H2,1-2H3,(H,18,20)/t13-/m1/s1. The highest BCUT2D eigenvalue weighted by atomic mass is 35.5. The van der Waals surface area contributed by atoms with Gasteiger partial charge in [0.15, 0.2) is 11.5 Å². The molecule has 0 radical (unpaired) electrons. The molecule has 5 nitrogen and oxygen atoms in total. The van der Waals surface area contributed by atoms with E-state index in [-0.39, 0.29) is 18.7 Å². The summed E-state index contributed by atoms with van der Waals surface area (Å²) in [6, 6.07) is 5.44. The summed E-state index contributed by atoms with van der Waals surface area (Å²) in [5.41, 5.74) is 1.64. The van der Waals surface area contributed by atoms with Gasteiger partial charge in [0.1, 0.15) is 0 Å². The largest absolute Gasteiger partial charge is 0.454 e. The lowest BCUT2D eigenvalue weighted by atomic mass is 10.1. The summed E-state index contributed by atoms with van der Waals surface area (Å²) >= 11 is 7.77. The molecule has 122 valence electrons. The minimum absolute atomic E-state index is 0.120. The smallest absolute Gasteiger partial charge is 0.251 e. The summed E-state index contributed by atoms with van der Waals surface area (Å²) in [6.07, 6.45) is 0. The second-order valence-corrected chi connectivity index (χ2v) is 6.63. The predicted molar refractivity (Wildman–Crippen MR) is 90.7 cm³/mol. The lowest BCUT2D eigenvalue weighted by Crippen LogP contribution is -2.34. The van der Waals surface area contributed by atoms with Crippen molar-refractivity contribution in [1.29, 1.82) is 0 Å². The van der Waals surface area contributed by atoms with Crippen molar-refractivity contribution in [3.8, 4) is 11.5 Å². The van der Waals surface area contributed by atoms with Crippen molar-refractivity contribution in [3.63, 3.8) is 0 Å². The fourth-order valence-electron chi connectivity index (χ4n) is 2.45. The third-order valence-corrected chi connectivity index (χ3v) is 4.68. The van der Waals surface area contributed by atoms with Crippen molar-refractivity contribution in [2.24, 2.45) is 0 Å². The van der Waals surface area contributed by atoms with Gasteiger partial charge in [0.2, 0.25) is 6.79 Å². The Morgan fingerprint density at radius 3 is 2.96 bits per heavy atom. The molecule has 1 aliphatic rings. The van der Waals surface area contributed by atoms with Crippen molar-refractivity contribution in [2.75, 3.05) is 27.4 Å². The number of carbonyl (C=O) groups excluding carboxylic acids is 1. The maximum Gasteiger partial charge on any atom is 0.251 e. The van der Waals surface area contributed by atoms with E-state index >= 15 is 0 Å². The lowest BCUT2D eigenvalue weighted by molar-refractivity contribution is 0.0941. The van der Waals surface area contributed by atoms with Crippen molar-refractivity contribution < 1.29 is 14.3 Å². The van der Waals surface area contributed by atoms with E-state index in [1.807, 2.05) is 19.5 Å². The molecule has 0 unspecified atom stereocenters. The number of nitrogens with zero attached hydrogens (tertiary/aromatic N) is 1. The fourth-order valence-corrected chi connectivity index (χ4v) is 3.43. The van der Waals surface area contributed by atoms with Crippen LogP contribution in [0.1, 0.15) is 22.0 Å². The molecule has 0 saturated heterocycles. The van der Waals surface area contributed by atoms with Crippen molar-refractivity contribution >= 4 is 28.8 Å². The molecule has 0 aliphatic carbocycles. The topological polar surface area (TPSA) is 50.8 Å². The van der Waals surface area contributed by atoms with E-state index in [0.29, 0.717) is 28.6 Å². The Morgan fingerprint density at radius 1 is 1.43 bits per heavy atom. The van der Waals surface area contributed by atoms with Crippen molar-refractivity contribution in [2.45, 2.75) is 6.04 Å². The maximum absolute atomic E-state index is 12.4. The molecule has 0 spiro atoms. The highest BCUT2D eigenvalue weighted by Gasteiger charge is 2.21. The molecule has 2 heterocycles. The number of benzene rings is 1. The zero-order valence-corrected chi connectivity index (χ0v) is 14.4. The summed E-state index contributed by atoms with van der Waals surface area (Å²) in [6.45, 7) is 0.635. The van der Waals surface area contributed by atoms with Gasteiger partial charge in [0.25, 0.3) is 5.91 Å². The first-order valence-corrected chi connectivity index (χ1v) is 8.44. The van der Waals surface area contributed by atoms with Crippen LogP contribution < -0.4 is 14.8 Å². The molecule has 0 fully saturated rings. The average molecular weight is 353 g/mol. The van der Waals surface area contributed by atoms with Gasteiger partial charge in [-0.2, -0.15) is 11.3 Å². The van der Waals surface area contributed by atoms with Crippen LogP contribution in [-0.2, 0) is 0 Å². The van der Waals surface area contributed by atoms with Gasteiger partial charge in [-0.1, -0.05) is 11.6 Å². The molecule has 1 atom stereocenters. The van der Waals surface area contributed by atoms with Crippen LogP contribution in [0.2, 0.25) is 5.02 Å². The van der Waals surface area contributed by atoms with E-state index in [4.69, 9.17) is 21.1 Å². The Balaban J connectivity index is 1.71. The van der Waals surface area contributed by atoms with E-state index in [1.54, 1.807) is 23.5 Å². The van der Waals surface area contributed by atoms with E-state index < -0.39 is 0 Å². The number of hydrogen-bond acceptors (Lipinski definition) is 5. The number of fused-ring (bicyclic) bond motifs is 1. The van der Waals surface area contributed by atoms with Crippen LogP contribution >= 0.6 is 22.9 Å². The minimum Gasteiger partial charge on any atom is -0.454 e. The maximum atomic E-state index is 12.4. The fraction of sp³-hybridized carbons (Fsp3) is 0.312. The van der Waals surface area contributed by atoms with Crippen LogP contribution in [0, 0.1) is 0 Å². The Bertz CT molecular complexity index is 704. The number of thiophene rings is 1. The van der Waals surface area contributed by atoms with Gasteiger partial charge >= 0.3 is 0 Å². The molecule has 1 aliphatic heterocycles. The number of carbonyl (C=O) groups is 1. The third kappa shape index (κ3) is 3.44. The number of likely N-dealkylation sites (N-methyl/N-ethyl adjacent to an activating group) is 1. The first-order valence-electron chi connectivity index (χ1n) is 7.12. The van der Waals surface area contributed by atoms with E-state index in [1.165, 1.54) is 5.56 Å². The van der Waals surface area contributed by atoms with Crippen LogP contribution in [0.25, 0.3) is 0 Å². The molecular weight excluding hydrogens is 336 g/mol. The van der Waals surface area contributed by atoms with E-state index in [9.17, 15) is 4.79 Å². The van der Waals surface area contributed by atoms with Gasteiger partial charge in [-0.15, -0.1) is 0 Å². The van der Waals surface area contributed by atoms with Crippen LogP contribution in [0.15, 0.2) is 29.0 Å². The summed E-state index contributed by atoms with van der Waals surface area (Å²) in [4.78, 5) is 14.5. The summed E-state index contributed by atoms with van der Waals surface area (Å²) < 4.78 is 10.6. The molecule has 1 amide bonds. The number of nitrogens with one attached hydrogen (secondary N) is 1. The zero-order valence-electron chi connectivity index (χ0n) is 12.8. The van der Waals surface area contributed by atoms with Crippen LogP contribution in [0.3, 0.4) is 0 Å². The molecule has 23 heavy (non-hydrogen) atoms. The van der Waals surface area contributed by atoms with Crippen LogP contribution in [0.5, 0.6) is 11.5 Å². The predicted octanol–water partition coefficient (Wildman–Crippen LogP) is 3.16. The number of hydrogen-bond donors (Lipinski definition) is 1. The van der Waals surface area contributed by atoms with Crippen LogP contribution in [-0.4, -0.2) is 38.2 Å². The minimum atomic E-state index is -0.188. The molecule has 0 saturated carbocycles. The SMILES string of the molecule is CN(C)[C@H](CNC(=O)c1cc(Cl)c2c(c1)OCO2)c1ccsc1. The Morgan fingerprint density at radius 2 is 2.26 bits per heavy atom. The van der Waals surface area contributed by atoms with Gasteiger partial charge in [-0.25, -0.2) is 0 Å². The highest BCUT2D eigenvalue weighted by Crippen LogP contribution is 2.39. The van der Waals surface area contributed by atoms with Gasteiger partial charge in [0.05, 0.1) is 11.1 Å². The van der Waals surface area contributed by atoms with Crippen molar-refractivity contribution in [1.82, 2.24) is 10.2 Å². The number of halogens is 1. The molecule has 1 N–H and O–H groups in total. The molecule has 3 rings (SSSR count). The highest BCUT2D eigenvalue weighted by molar-refractivity contribution is 7.07. The molecule has 1 aromatic heterocycles. The lowest BCUT2D eigenvalue weighted by Gasteiger charge is -2.24. The van der Waals surface area contributed by atoms with Crippen LogP contribution in [0.4, 0.5) is 0 Å². The quantitative estimate of drug-likeness (QED) is 0.898. The Labute approximate surface area is 143 Å². The summed E-state index contributed by atoms with van der Waals surface area (Å²) in [5, 5.41) is 7.46. The monoisotopic (exact) mass is 352 g/mol. The molecule has 1 aromatic carbocycles. The van der Waals surface area contributed by atoms with Crippen molar-refractivity contribution in [3.05, 3.63) is 45.1 Å². The van der Waals surface area contributed by atoms with E-state index in [2.05, 4.69) is 21.7 Å². The summed E-state index contributed by atoms with van der Waals surface area (Å²) in [7, 11) is 3.98. The first kappa shape index (κ1) is 16.1. The number of amides is 1. The van der Waals surface area contributed by atoms with E-state index in [0.717, 1.165) is 0 Å². The number of ether oxygens (including phenoxy) is 2. The third-order valence-electron chi connectivity index (χ3n) is 3.70. The second-order valence-electron chi connectivity index (χ2n) is 5.44. The summed E-state index contributed by atoms with van der Waals surface area (Å²) in [5.74, 6) is 0.810. The Kier molecular flexibility index (Phi) is 4.75. The molecule has 2 aromatic rings. The van der Waals surface area contributed by atoms with Gasteiger partial charge in [-0.3, -0.25) is 4.79 Å². The molecule has 7 heteroatoms. The second kappa shape index (κ2) is 6.78. The van der Waals surface area contributed by atoms with Gasteiger partial charge in [-0.05, 0) is 48.6 Å². The molecular formula is C16H17ClN2O3S. The molecule has 0 bridgehead atoms. The van der Waals surface area contributed by atoms with Gasteiger partial charge < -0.3 is 19.7 Å². The first-order chi connectivity index (χ1) is 11.1. The van der Waals surface area contributed by atoms with Gasteiger partial charge in [0, 0.05) is 12.1 Å². The zero-order chi connectivity index (χ0) is 16.4.